The molecule has 1 atom stereocenters. The number of nitrogens with one attached hydrogen (secondary N) is 2. The molecule has 2 N–H and O–H groups in total. The molecule has 0 amide bonds. The molecule has 2 heterocycles. The third-order valence-corrected chi connectivity index (χ3v) is 5.33. The Morgan fingerprint density at radius 1 is 1.08 bits per heavy atom. The van der Waals surface area contributed by atoms with E-state index >= 15 is 0 Å². The van der Waals surface area contributed by atoms with Gasteiger partial charge >= 0.3 is 0 Å². The quantitative estimate of drug-likeness (QED) is 0.550. The van der Waals surface area contributed by atoms with E-state index in [0.717, 1.165) is 16.0 Å². The van der Waals surface area contributed by atoms with Gasteiger partial charge in [-0.15, -0.1) is 11.3 Å². The van der Waals surface area contributed by atoms with Gasteiger partial charge in [0.1, 0.15) is 10.7 Å². The lowest BCUT2D eigenvalue weighted by atomic mass is 10.1. The van der Waals surface area contributed by atoms with Crippen LogP contribution in [-0.2, 0) is 6.54 Å². The average Bonchev–Trinajstić information content (AvgIpc) is 3.12. The molecule has 0 bridgehead atoms. The normalized spacial score (nSPS) is 12.3. The van der Waals surface area contributed by atoms with Crippen molar-refractivity contribution in [1.29, 1.82) is 0 Å². The second-order valence-corrected chi connectivity index (χ2v) is 7.08. The van der Waals surface area contributed by atoms with Gasteiger partial charge in [0.25, 0.3) is 5.56 Å². The van der Waals surface area contributed by atoms with E-state index in [1.165, 1.54) is 16.9 Å². The highest BCUT2D eigenvalue weighted by molar-refractivity contribution is 7.17. The fourth-order valence-corrected chi connectivity index (χ4v) is 3.98. The van der Waals surface area contributed by atoms with E-state index in [-0.39, 0.29) is 11.6 Å². The van der Waals surface area contributed by atoms with Crippen LogP contribution in [0.3, 0.4) is 0 Å². The molecule has 0 saturated heterocycles. The second kappa shape index (κ2) is 7.23. The molecule has 0 fully saturated rings. The lowest BCUT2D eigenvalue weighted by Gasteiger charge is -2.13. The number of rotatable bonds is 5. The Hall–Kier alpha value is -2.76. The molecule has 5 heteroatoms. The average molecular weight is 361 g/mol. The summed E-state index contributed by atoms with van der Waals surface area (Å²) in [7, 11) is 0. The van der Waals surface area contributed by atoms with Gasteiger partial charge in [0.2, 0.25) is 0 Å². The first kappa shape index (κ1) is 16.7. The van der Waals surface area contributed by atoms with Crippen LogP contribution < -0.4 is 10.9 Å². The highest BCUT2D eigenvalue weighted by Crippen LogP contribution is 2.30. The zero-order valence-corrected chi connectivity index (χ0v) is 15.2. The molecule has 0 saturated carbocycles. The van der Waals surface area contributed by atoms with Gasteiger partial charge in [-0.05, 0) is 18.1 Å². The molecule has 4 rings (SSSR count). The molecular weight excluding hydrogens is 342 g/mol. The predicted molar refractivity (Wildman–Crippen MR) is 107 cm³/mol. The van der Waals surface area contributed by atoms with Gasteiger partial charge in [-0.25, -0.2) is 4.98 Å². The van der Waals surface area contributed by atoms with Crippen molar-refractivity contribution < 1.29 is 0 Å². The minimum atomic E-state index is -0.0840. The van der Waals surface area contributed by atoms with Crippen LogP contribution in [0.2, 0.25) is 0 Å². The molecule has 0 unspecified atom stereocenters. The number of H-pyrrole nitrogens is 1. The molecule has 0 radical (unpaired) electrons. The first-order valence-corrected chi connectivity index (χ1v) is 9.44. The van der Waals surface area contributed by atoms with E-state index < -0.39 is 0 Å². The van der Waals surface area contributed by atoms with Crippen molar-refractivity contribution in [3.8, 4) is 11.1 Å². The van der Waals surface area contributed by atoms with Gasteiger partial charge in [-0.1, -0.05) is 60.7 Å². The Labute approximate surface area is 155 Å². The van der Waals surface area contributed by atoms with E-state index in [4.69, 9.17) is 0 Å². The molecule has 26 heavy (non-hydrogen) atoms. The van der Waals surface area contributed by atoms with Crippen LogP contribution in [0, 0.1) is 0 Å². The number of fused-ring (bicyclic) bond motifs is 1. The zero-order valence-electron chi connectivity index (χ0n) is 14.4. The molecule has 0 aliphatic rings. The van der Waals surface area contributed by atoms with Crippen LogP contribution in [-0.4, -0.2) is 9.97 Å². The first-order valence-electron chi connectivity index (χ1n) is 8.56. The minimum absolute atomic E-state index is 0.0840. The summed E-state index contributed by atoms with van der Waals surface area (Å²) in [5.74, 6) is 0.659. The lowest BCUT2D eigenvalue weighted by Crippen LogP contribution is -2.22. The van der Waals surface area contributed by atoms with Crippen LogP contribution in [0.15, 0.2) is 70.8 Å². The van der Waals surface area contributed by atoms with Crippen molar-refractivity contribution in [3.63, 3.8) is 0 Å². The molecule has 130 valence electrons. The number of hydrogen-bond donors (Lipinski definition) is 2. The molecule has 0 aliphatic carbocycles. The Morgan fingerprint density at radius 3 is 2.50 bits per heavy atom. The fourth-order valence-electron chi connectivity index (χ4n) is 3.02. The smallest absolute Gasteiger partial charge is 0.260 e. The van der Waals surface area contributed by atoms with Gasteiger partial charge in [0.05, 0.1) is 11.9 Å². The third kappa shape index (κ3) is 3.31. The van der Waals surface area contributed by atoms with Crippen molar-refractivity contribution >= 4 is 21.6 Å². The summed E-state index contributed by atoms with van der Waals surface area (Å²) in [6.07, 6.45) is 0. The molecular formula is C21H19N3OS. The van der Waals surface area contributed by atoms with Gasteiger partial charge in [-0.3, -0.25) is 4.79 Å². The molecule has 2 aromatic carbocycles. The van der Waals surface area contributed by atoms with Crippen molar-refractivity contribution in [1.82, 2.24) is 15.3 Å². The zero-order chi connectivity index (χ0) is 17.9. The SMILES string of the molecule is C[C@H](NCc1nc2scc(-c3ccccc3)c2c(=O)[nH]1)c1ccccc1. The Morgan fingerprint density at radius 2 is 1.77 bits per heavy atom. The molecule has 2 aromatic heterocycles. The maximum Gasteiger partial charge on any atom is 0.260 e. The van der Waals surface area contributed by atoms with E-state index in [1.807, 2.05) is 53.9 Å². The number of thiophene rings is 1. The summed E-state index contributed by atoms with van der Waals surface area (Å²) in [6.45, 7) is 2.62. The molecule has 4 nitrogen and oxygen atoms in total. The topological polar surface area (TPSA) is 57.8 Å². The number of nitrogens with zero attached hydrogens (tertiary/aromatic N) is 1. The monoisotopic (exact) mass is 361 g/mol. The largest absolute Gasteiger partial charge is 0.309 e. The van der Waals surface area contributed by atoms with Crippen LogP contribution in [0.4, 0.5) is 0 Å². The Balaban J connectivity index is 1.60. The van der Waals surface area contributed by atoms with Crippen LogP contribution in [0.25, 0.3) is 21.3 Å². The van der Waals surface area contributed by atoms with E-state index in [9.17, 15) is 4.79 Å². The maximum atomic E-state index is 12.7. The van der Waals surface area contributed by atoms with E-state index in [0.29, 0.717) is 17.8 Å². The van der Waals surface area contributed by atoms with Gasteiger partial charge in [-0.2, -0.15) is 0 Å². The van der Waals surface area contributed by atoms with Gasteiger partial charge < -0.3 is 10.3 Å². The number of hydrogen-bond acceptors (Lipinski definition) is 4. The summed E-state index contributed by atoms with van der Waals surface area (Å²) in [4.78, 5) is 21.0. The fraction of sp³-hybridized carbons (Fsp3) is 0.143. The predicted octanol–water partition coefficient (Wildman–Crippen LogP) is 4.50. The minimum Gasteiger partial charge on any atom is -0.309 e. The van der Waals surface area contributed by atoms with Gasteiger partial charge in [0.15, 0.2) is 0 Å². The standard InChI is InChI=1S/C21H19N3OS/c1-14(15-8-4-2-5-9-15)22-12-18-23-20(25)19-17(13-26-21(19)24-18)16-10-6-3-7-11-16/h2-11,13-14,22H,12H2,1H3,(H,23,24,25)/t14-/m0/s1. The summed E-state index contributed by atoms with van der Waals surface area (Å²) in [5.41, 5.74) is 3.10. The highest BCUT2D eigenvalue weighted by Gasteiger charge is 2.13. The van der Waals surface area contributed by atoms with Crippen molar-refractivity contribution in [2.24, 2.45) is 0 Å². The molecule has 0 aliphatic heterocycles. The van der Waals surface area contributed by atoms with E-state index in [1.54, 1.807) is 0 Å². The van der Waals surface area contributed by atoms with E-state index in [2.05, 4.69) is 34.3 Å². The number of aromatic amines is 1. The second-order valence-electron chi connectivity index (χ2n) is 6.22. The van der Waals surface area contributed by atoms with Crippen LogP contribution in [0.1, 0.15) is 24.4 Å². The Bertz CT molecular complexity index is 1070. The lowest BCUT2D eigenvalue weighted by molar-refractivity contribution is 0.559. The van der Waals surface area contributed by atoms with Gasteiger partial charge in [0, 0.05) is 17.0 Å². The van der Waals surface area contributed by atoms with Crippen molar-refractivity contribution in [3.05, 3.63) is 87.8 Å². The highest BCUT2D eigenvalue weighted by atomic mass is 32.1. The number of benzene rings is 2. The van der Waals surface area contributed by atoms with Crippen molar-refractivity contribution in [2.45, 2.75) is 19.5 Å². The van der Waals surface area contributed by atoms with Crippen LogP contribution >= 0.6 is 11.3 Å². The summed E-state index contributed by atoms with van der Waals surface area (Å²) in [5, 5.41) is 6.09. The maximum absolute atomic E-state index is 12.7. The van der Waals surface area contributed by atoms with Crippen LogP contribution in [0.5, 0.6) is 0 Å². The molecule has 0 spiro atoms. The molecule has 4 aromatic rings. The van der Waals surface area contributed by atoms with Crippen molar-refractivity contribution in [2.75, 3.05) is 0 Å². The third-order valence-electron chi connectivity index (χ3n) is 4.45. The summed E-state index contributed by atoms with van der Waals surface area (Å²) < 4.78 is 0. The first-order chi connectivity index (χ1) is 12.7. The summed E-state index contributed by atoms with van der Waals surface area (Å²) in [6, 6.07) is 20.4. The summed E-state index contributed by atoms with van der Waals surface area (Å²) >= 11 is 1.51. The Kier molecular flexibility index (Phi) is 4.65. The number of aromatic nitrogens is 2.